The predicted molar refractivity (Wildman–Crippen MR) is 107 cm³/mol. The molecule has 2 heteroatoms. The van der Waals surface area contributed by atoms with Crippen molar-refractivity contribution < 1.29 is 0 Å². The van der Waals surface area contributed by atoms with Crippen LogP contribution < -0.4 is 0 Å². The van der Waals surface area contributed by atoms with Gasteiger partial charge in [0.15, 0.2) is 0 Å². The van der Waals surface area contributed by atoms with Gasteiger partial charge in [0, 0.05) is 22.5 Å². The van der Waals surface area contributed by atoms with E-state index < -0.39 is 0 Å². The van der Waals surface area contributed by atoms with Crippen molar-refractivity contribution in [1.82, 2.24) is 9.97 Å². The summed E-state index contributed by atoms with van der Waals surface area (Å²) in [4.78, 5) is 9.51. The molecule has 2 aromatic heterocycles. The van der Waals surface area contributed by atoms with Crippen LogP contribution in [0.2, 0.25) is 0 Å². The van der Waals surface area contributed by atoms with Gasteiger partial charge in [-0.3, -0.25) is 9.97 Å². The third-order valence-electron chi connectivity index (χ3n) is 4.04. The Morgan fingerprint density at radius 1 is 0.680 bits per heavy atom. The molecule has 132 valence electrons. The molecule has 2 nitrogen and oxygen atoms in total. The lowest BCUT2D eigenvalue weighted by molar-refractivity contribution is 0.556. The molecule has 0 atom stereocenters. The maximum atomic E-state index is 4.75. The van der Waals surface area contributed by atoms with E-state index in [0.29, 0.717) is 0 Å². The van der Waals surface area contributed by atoms with E-state index in [-0.39, 0.29) is 10.8 Å². The highest BCUT2D eigenvalue weighted by Crippen LogP contribution is 2.37. The molecule has 0 bridgehead atoms. The van der Waals surface area contributed by atoms with Gasteiger partial charge >= 0.3 is 0 Å². The van der Waals surface area contributed by atoms with Crippen LogP contribution in [0, 0.1) is 24.7 Å². The summed E-state index contributed by atoms with van der Waals surface area (Å²) in [6.45, 7) is 17.3. The first-order chi connectivity index (χ1) is 11.5. The van der Waals surface area contributed by atoms with Gasteiger partial charge in [0.05, 0.1) is 11.4 Å². The van der Waals surface area contributed by atoms with Crippen LogP contribution in [0.15, 0.2) is 42.1 Å². The van der Waals surface area contributed by atoms with Gasteiger partial charge in [-0.05, 0) is 48.9 Å². The lowest BCUT2D eigenvalue weighted by Crippen LogP contribution is -2.13. The molecule has 0 spiro atoms. The molecule has 0 saturated carbocycles. The molecule has 2 aromatic rings. The Labute approximate surface area is 152 Å². The van der Waals surface area contributed by atoms with Crippen LogP contribution >= 0.6 is 0 Å². The lowest BCUT2D eigenvalue weighted by atomic mass is 9.80. The normalized spacial score (nSPS) is 11.8. The van der Waals surface area contributed by atoms with Crippen molar-refractivity contribution in [2.24, 2.45) is 10.8 Å². The standard InChI is InChI=1S/C23H30N2/c1-16-11-9-13-20(24-16)18(22(3,4)5)15-19(23(6,7)8)21-14-10-12-17(2)25-21/h9-14H,1-8H3. The van der Waals surface area contributed by atoms with Crippen molar-refractivity contribution in [3.05, 3.63) is 64.9 Å². The second kappa shape index (κ2) is 6.98. The van der Waals surface area contributed by atoms with Crippen molar-refractivity contribution in [1.29, 1.82) is 0 Å². The predicted octanol–water partition coefficient (Wildman–Crippen LogP) is 6.25. The minimum Gasteiger partial charge on any atom is -0.253 e. The van der Waals surface area contributed by atoms with Crippen molar-refractivity contribution in [3.8, 4) is 0 Å². The van der Waals surface area contributed by atoms with E-state index in [4.69, 9.17) is 9.97 Å². The summed E-state index contributed by atoms with van der Waals surface area (Å²) in [5, 5.41) is 0. The summed E-state index contributed by atoms with van der Waals surface area (Å²) in [5.74, 6) is 0. The van der Waals surface area contributed by atoms with E-state index in [1.807, 2.05) is 26.0 Å². The van der Waals surface area contributed by atoms with Crippen LogP contribution in [-0.4, -0.2) is 9.97 Å². The Morgan fingerprint density at radius 3 is 1.32 bits per heavy atom. The van der Waals surface area contributed by atoms with Gasteiger partial charge in [-0.25, -0.2) is 0 Å². The Hall–Kier alpha value is -2.18. The van der Waals surface area contributed by atoms with E-state index in [1.54, 1.807) is 0 Å². The van der Waals surface area contributed by atoms with Gasteiger partial charge in [0.1, 0.15) is 0 Å². The van der Waals surface area contributed by atoms with Crippen molar-refractivity contribution in [2.75, 3.05) is 0 Å². The van der Waals surface area contributed by atoms with Gasteiger partial charge in [-0.15, -0.1) is 5.73 Å². The molecule has 0 saturated heterocycles. The molecule has 0 aliphatic rings. The monoisotopic (exact) mass is 334 g/mol. The van der Waals surface area contributed by atoms with Gasteiger partial charge in [0.25, 0.3) is 0 Å². The van der Waals surface area contributed by atoms with Gasteiger partial charge in [0.2, 0.25) is 0 Å². The van der Waals surface area contributed by atoms with Crippen molar-refractivity contribution in [2.45, 2.75) is 55.4 Å². The van der Waals surface area contributed by atoms with Gasteiger partial charge in [-0.1, -0.05) is 53.7 Å². The molecule has 25 heavy (non-hydrogen) atoms. The molecule has 0 aromatic carbocycles. The first-order valence-electron chi connectivity index (χ1n) is 8.88. The number of pyridine rings is 2. The van der Waals surface area contributed by atoms with Crippen LogP contribution in [0.4, 0.5) is 0 Å². The van der Waals surface area contributed by atoms with Crippen molar-refractivity contribution in [3.63, 3.8) is 0 Å². The third-order valence-corrected chi connectivity index (χ3v) is 4.04. The second-order valence-corrected chi connectivity index (χ2v) is 8.70. The molecule has 2 heterocycles. The zero-order chi connectivity index (χ0) is 18.8. The van der Waals surface area contributed by atoms with Crippen LogP contribution in [0.3, 0.4) is 0 Å². The summed E-state index contributed by atoms with van der Waals surface area (Å²) in [6.07, 6.45) is 0. The molecule has 0 unspecified atom stereocenters. The Kier molecular flexibility index (Phi) is 5.34. The average molecular weight is 335 g/mol. The third kappa shape index (κ3) is 4.90. The fraction of sp³-hybridized carbons (Fsp3) is 0.435. The fourth-order valence-corrected chi connectivity index (χ4v) is 2.76. The molecule has 0 fully saturated rings. The Bertz CT molecular complexity index is 756. The van der Waals surface area contributed by atoms with E-state index in [0.717, 1.165) is 33.9 Å². The molecule has 2 rings (SSSR count). The largest absolute Gasteiger partial charge is 0.253 e. The number of nitrogens with zero attached hydrogens (tertiary/aromatic N) is 2. The molecule has 0 N–H and O–H groups in total. The summed E-state index contributed by atoms with van der Waals surface area (Å²) in [7, 11) is 0. The Morgan fingerprint density at radius 2 is 1.04 bits per heavy atom. The molecule has 0 aliphatic heterocycles. The maximum absolute atomic E-state index is 4.75. The van der Waals surface area contributed by atoms with E-state index in [2.05, 4.69) is 71.5 Å². The van der Waals surface area contributed by atoms with E-state index in [1.165, 1.54) is 0 Å². The zero-order valence-electron chi connectivity index (χ0n) is 16.9. The summed E-state index contributed by atoms with van der Waals surface area (Å²) in [6, 6.07) is 12.3. The van der Waals surface area contributed by atoms with E-state index >= 15 is 0 Å². The van der Waals surface area contributed by atoms with E-state index in [9.17, 15) is 0 Å². The molecule has 0 aliphatic carbocycles. The smallest absolute Gasteiger partial charge is 0.0747 e. The highest BCUT2D eigenvalue weighted by Gasteiger charge is 2.24. The Balaban J connectivity index is 2.86. The van der Waals surface area contributed by atoms with Gasteiger partial charge < -0.3 is 0 Å². The van der Waals surface area contributed by atoms with Crippen LogP contribution in [-0.2, 0) is 0 Å². The van der Waals surface area contributed by atoms with Gasteiger partial charge in [-0.2, -0.15) is 0 Å². The molecular formula is C23H30N2. The number of hydrogen-bond acceptors (Lipinski definition) is 2. The highest BCUT2D eigenvalue weighted by molar-refractivity contribution is 5.76. The lowest BCUT2D eigenvalue weighted by Gasteiger charge is -2.25. The minimum absolute atomic E-state index is 0.0683. The zero-order valence-corrected chi connectivity index (χ0v) is 16.9. The molecular weight excluding hydrogens is 304 g/mol. The number of aromatic nitrogens is 2. The maximum Gasteiger partial charge on any atom is 0.0747 e. The number of aryl methyl sites for hydroxylation is 2. The number of allylic oxidation sites excluding steroid dienone is 1. The highest BCUT2D eigenvalue weighted by atomic mass is 14.7. The average Bonchev–Trinajstić information content (AvgIpc) is 2.45. The summed E-state index contributed by atoms with van der Waals surface area (Å²) >= 11 is 0. The van der Waals surface area contributed by atoms with Crippen molar-refractivity contribution >= 4 is 11.1 Å². The minimum atomic E-state index is -0.0683. The first kappa shape index (κ1) is 19.1. The topological polar surface area (TPSA) is 25.8 Å². The van der Waals surface area contributed by atoms with Crippen LogP contribution in [0.25, 0.3) is 11.1 Å². The first-order valence-corrected chi connectivity index (χ1v) is 8.88. The summed E-state index contributed by atoms with van der Waals surface area (Å²) in [5.41, 5.74) is 9.84. The SMILES string of the molecule is Cc1cccc(C(=C=C(c2cccc(C)n2)C(C)(C)C)C(C)(C)C)n1. The van der Waals surface area contributed by atoms with Crippen LogP contribution in [0.1, 0.15) is 64.3 Å². The second-order valence-electron chi connectivity index (χ2n) is 8.70. The number of hydrogen-bond donors (Lipinski definition) is 0. The molecule has 0 radical (unpaired) electrons. The fourth-order valence-electron chi connectivity index (χ4n) is 2.76. The summed E-state index contributed by atoms with van der Waals surface area (Å²) < 4.78 is 0. The molecule has 0 amide bonds. The number of rotatable bonds is 2. The van der Waals surface area contributed by atoms with Crippen LogP contribution in [0.5, 0.6) is 0 Å². The quantitative estimate of drug-likeness (QED) is 0.606.